The van der Waals surface area contributed by atoms with Crippen LogP contribution in [-0.2, 0) is 6.42 Å². The van der Waals surface area contributed by atoms with Crippen molar-refractivity contribution < 1.29 is 9.90 Å². The number of anilines is 1. The lowest BCUT2D eigenvalue weighted by atomic mass is 10.1. The number of carbonyl (C=O) groups is 1. The van der Waals surface area contributed by atoms with Crippen molar-refractivity contribution in [3.8, 4) is 0 Å². The van der Waals surface area contributed by atoms with Gasteiger partial charge in [0.25, 0.3) is 0 Å². The molecule has 1 saturated carbocycles. The number of H-pyrrole nitrogens is 1. The Labute approximate surface area is 129 Å². The lowest BCUT2D eigenvalue weighted by molar-refractivity contribution is 0.0691. The molecule has 2 fully saturated rings. The molecule has 2 aromatic rings. The third kappa shape index (κ3) is 2.36. The van der Waals surface area contributed by atoms with E-state index in [9.17, 15) is 4.79 Å². The number of pyridine rings is 1. The number of piperidine rings is 1. The molecular weight excluding hydrogens is 278 g/mol. The Balaban J connectivity index is 1.50. The van der Waals surface area contributed by atoms with Gasteiger partial charge < -0.3 is 15.0 Å². The van der Waals surface area contributed by atoms with E-state index in [-0.39, 0.29) is 5.69 Å². The predicted molar refractivity (Wildman–Crippen MR) is 83.3 cm³/mol. The van der Waals surface area contributed by atoms with Crippen molar-refractivity contribution in [1.29, 1.82) is 0 Å². The highest BCUT2D eigenvalue weighted by Crippen LogP contribution is 2.45. The number of hydrogen-bond donors (Lipinski definition) is 2. The summed E-state index contributed by atoms with van der Waals surface area (Å²) in [5, 5.41) is 8.95. The zero-order valence-electron chi connectivity index (χ0n) is 12.5. The number of aromatic nitrogens is 2. The maximum absolute atomic E-state index is 10.9. The largest absolute Gasteiger partial charge is 0.477 e. The van der Waals surface area contributed by atoms with Gasteiger partial charge in [-0.15, -0.1) is 0 Å². The van der Waals surface area contributed by atoms with Crippen LogP contribution in [0.5, 0.6) is 0 Å². The number of nitrogens with one attached hydrogen (secondary N) is 1. The first-order valence-corrected chi connectivity index (χ1v) is 7.73. The Morgan fingerprint density at radius 3 is 2.73 bits per heavy atom. The summed E-state index contributed by atoms with van der Waals surface area (Å²) in [5.41, 5.74) is 3.28. The van der Waals surface area contributed by atoms with E-state index < -0.39 is 5.97 Å². The lowest BCUT2D eigenvalue weighted by Crippen LogP contribution is -2.23. The molecule has 22 heavy (non-hydrogen) atoms. The smallest absolute Gasteiger partial charge is 0.352 e. The van der Waals surface area contributed by atoms with E-state index in [4.69, 9.17) is 10.1 Å². The SMILES string of the molecule is Cc1nc(N2CC3CC3C2)ccc1Cc1ccc(C(=O)O)[nH]1. The van der Waals surface area contributed by atoms with Gasteiger partial charge in [-0.1, -0.05) is 6.07 Å². The molecule has 1 aliphatic carbocycles. The van der Waals surface area contributed by atoms with E-state index >= 15 is 0 Å². The van der Waals surface area contributed by atoms with Crippen LogP contribution in [0.15, 0.2) is 24.3 Å². The first kappa shape index (κ1) is 13.4. The minimum atomic E-state index is -0.927. The fourth-order valence-electron chi connectivity index (χ4n) is 3.40. The normalized spacial score (nSPS) is 22.7. The molecule has 1 aliphatic heterocycles. The molecule has 5 heteroatoms. The van der Waals surface area contributed by atoms with Crippen molar-refractivity contribution in [1.82, 2.24) is 9.97 Å². The fourth-order valence-corrected chi connectivity index (χ4v) is 3.40. The van der Waals surface area contributed by atoms with Gasteiger partial charge in [-0.05, 0) is 48.9 Å². The van der Waals surface area contributed by atoms with Gasteiger partial charge in [0.15, 0.2) is 0 Å². The third-order valence-electron chi connectivity index (χ3n) is 4.84. The highest BCUT2D eigenvalue weighted by atomic mass is 16.4. The van der Waals surface area contributed by atoms with Crippen molar-refractivity contribution in [2.45, 2.75) is 19.8 Å². The Bertz CT molecular complexity index is 727. The number of aryl methyl sites for hydroxylation is 1. The molecule has 1 saturated heterocycles. The zero-order valence-corrected chi connectivity index (χ0v) is 12.5. The summed E-state index contributed by atoms with van der Waals surface area (Å²) in [7, 11) is 0. The Hall–Kier alpha value is -2.30. The molecule has 2 atom stereocenters. The monoisotopic (exact) mass is 297 g/mol. The average Bonchev–Trinajstić information content (AvgIpc) is 2.89. The van der Waals surface area contributed by atoms with Gasteiger partial charge in [-0.25, -0.2) is 9.78 Å². The second-order valence-electron chi connectivity index (χ2n) is 6.45. The topological polar surface area (TPSA) is 69.2 Å². The number of aromatic amines is 1. The second-order valence-corrected chi connectivity index (χ2v) is 6.45. The molecule has 114 valence electrons. The van der Waals surface area contributed by atoms with Crippen molar-refractivity contribution >= 4 is 11.8 Å². The molecule has 2 unspecified atom stereocenters. The summed E-state index contributed by atoms with van der Waals surface area (Å²) in [6, 6.07) is 7.63. The minimum absolute atomic E-state index is 0.230. The summed E-state index contributed by atoms with van der Waals surface area (Å²) >= 11 is 0. The number of carboxylic acids is 1. The van der Waals surface area contributed by atoms with E-state index in [1.54, 1.807) is 6.07 Å². The van der Waals surface area contributed by atoms with E-state index in [0.29, 0.717) is 6.42 Å². The molecule has 0 amide bonds. The summed E-state index contributed by atoms with van der Waals surface area (Å²) in [5.74, 6) is 1.94. The quantitative estimate of drug-likeness (QED) is 0.909. The second kappa shape index (κ2) is 4.87. The van der Waals surface area contributed by atoms with Crippen LogP contribution in [0.25, 0.3) is 0 Å². The van der Waals surface area contributed by atoms with Crippen LogP contribution in [0.3, 0.4) is 0 Å². The highest BCUT2D eigenvalue weighted by Gasteiger charge is 2.45. The maximum Gasteiger partial charge on any atom is 0.352 e. The van der Waals surface area contributed by atoms with Crippen molar-refractivity contribution in [2.24, 2.45) is 11.8 Å². The molecule has 4 rings (SSSR count). The minimum Gasteiger partial charge on any atom is -0.477 e. The van der Waals surface area contributed by atoms with Crippen LogP contribution in [-0.4, -0.2) is 34.1 Å². The summed E-state index contributed by atoms with van der Waals surface area (Å²) in [4.78, 5) is 21.0. The van der Waals surface area contributed by atoms with Crippen molar-refractivity contribution in [2.75, 3.05) is 18.0 Å². The van der Waals surface area contributed by atoms with E-state index in [1.807, 2.05) is 13.0 Å². The Morgan fingerprint density at radius 1 is 1.32 bits per heavy atom. The molecule has 3 heterocycles. The number of carboxylic acid groups (broad SMARTS) is 1. The molecule has 2 aromatic heterocycles. The number of rotatable bonds is 4. The van der Waals surface area contributed by atoms with Crippen LogP contribution in [0.2, 0.25) is 0 Å². The molecular formula is C17H19N3O2. The van der Waals surface area contributed by atoms with Crippen LogP contribution in [0, 0.1) is 18.8 Å². The summed E-state index contributed by atoms with van der Waals surface area (Å²) < 4.78 is 0. The Kier molecular flexibility index (Phi) is 2.96. The van der Waals surface area contributed by atoms with E-state index in [0.717, 1.165) is 47.7 Å². The molecule has 0 aromatic carbocycles. The number of fused-ring (bicyclic) bond motifs is 1. The van der Waals surface area contributed by atoms with Crippen LogP contribution in [0.4, 0.5) is 5.82 Å². The van der Waals surface area contributed by atoms with Crippen LogP contribution in [0.1, 0.15) is 33.9 Å². The van der Waals surface area contributed by atoms with E-state index in [2.05, 4.69) is 22.0 Å². The molecule has 5 nitrogen and oxygen atoms in total. The highest BCUT2D eigenvalue weighted by molar-refractivity contribution is 5.85. The van der Waals surface area contributed by atoms with Crippen molar-refractivity contribution in [3.63, 3.8) is 0 Å². The number of aromatic carboxylic acids is 1. The van der Waals surface area contributed by atoms with Gasteiger partial charge in [-0.2, -0.15) is 0 Å². The molecule has 2 N–H and O–H groups in total. The number of hydrogen-bond acceptors (Lipinski definition) is 3. The molecule has 0 bridgehead atoms. The molecule has 0 spiro atoms. The summed E-state index contributed by atoms with van der Waals surface area (Å²) in [6.07, 6.45) is 2.07. The number of nitrogens with zero attached hydrogens (tertiary/aromatic N) is 2. The molecule has 0 radical (unpaired) electrons. The summed E-state index contributed by atoms with van der Waals surface area (Å²) in [6.45, 7) is 4.32. The van der Waals surface area contributed by atoms with Gasteiger partial charge in [-0.3, -0.25) is 0 Å². The van der Waals surface area contributed by atoms with Crippen LogP contribution < -0.4 is 4.90 Å². The average molecular weight is 297 g/mol. The Morgan fingerprint density at radius 2 is 2.09 bits per heavy atom. The van der Waals surface area contributed by atoms with Gasteiger partial charge in [0.05, 0.1) is 0 Å². The van der Waals surface area contributed by atoms with Gasteiger partial charge in [0.1, 0.15) is 11.5 Å². The fraction of sp³-hybridized carbons (Fsp3) is 0.412. The van der Waals surface area contributed by atoms with Crippen LogP contribution >= 0.6 is 0 Å². The van der Waals surface area contributed by atoms with Gasteiger partial charge in [0, 0.05) is 30.9 Å². The predicted octanol–water partition coefficient (Wildman–Crippen LogP) is 2.46. The van der Waals surface area contributed by atoms with Crippen molar-refractivity contribution in [3.05, 3.63) is 46.9 Å². The third-order valence-corrected chi connectivity index (χ3v) is 4.84. The zero-order chi connectivity index (χ0) is 15.3. The lowest BCUT2D eigenvalue weighted by Gasteiger charge is -2.20. The first-order valence-electron chi connectivity index (χ1n) is 7.73. The van der Waals surface area contributed by atoms with Gasteiger partial charge in [0.2, 0.25) is 0 Å². The van der Waals surface area contributed by atoms with Gasteiger partial charge >= 0.3 is 5.97 Å². The standard InChI is InChI=1S/C17H19N3O2/c1-10-11(7-14-3-4-15(19-14)17(21)22)2-5-16(18-10)20-8-12-6-13(12)9-20/h2-5,12-13,19H,6-9H2,1H3,(H,21,22). The molecule has 2 aliphatic rings. The first-order chi connectivity index (χ1) is 10.6. The van der Waals surface area contributed by atoms with E-state index in [1.165, 1.54) is 6.42 Å². The maximum atomic E-state index is 10.9.